The molecular weight excluding hydrogens is 430 g/mol. The number of benzene rings is 1. The van der Waals surface area contributed by atoms with Gasteiger partial charge in [-0.3, -0.25) is 9.59 Å². The number of nitrogens with zero attached hydrogens (tertiary/aromatic N) is 1. The number of carbonyl (C=O) groups excluding carboxylic acids is 3. The average Bonchev–Trinajstić information content (AvgIpc) is 2.78. The van der Waals surface area contributed by atoms with Crippen LogP contribution in [-0.2, 0) is 14.3 Å². The fourth-order valence-corrected chi connectivity index (χ4v) is 4.07. The highest BCUT2D eigenvalue weighted by molar-refractivity contribution is 6.02. The van der Waals surface area contributed by atoms with E-state index in [0.717, 1.165) is 37.9 Å². The first kappa shape index (κ1) is 27.9. The maximum absolute atomic E-state index is 12.9. The number of carbonyl (C=O) groups is 4. The SMILES string of the molecule is CCCNC(=O)C1CCC[N+](CC)(CC(=O)Nc2c(C)cccc2C(=O)OC)C1.O=C(O)O. The monoisotopic (exact) mass is 466 g/mol. The van der Waals surface area contributed by atoms with Crippen LogP contribution in [0.15, 0.2) is 18.2 Å². The topological polar surface area (TPSA) is 142 Å². The summed E-state index contributed by atoms with van der Waals surface area (Å²) >= 11 is 0. The normalized spacial score (nSPS) is 19.5. The number of anilines is 1. The van der Waals surface area contributed by atoms with Crippen molar-refractivity contribution in [1.29, 1.82) is 0 Å². The van der Waals surface area contributed by atoms with Gasteiger partial charge in [-0.2, -0.15) is 0 Å². The van der Waals surface area contributed by atoms with Crippen LogP contribution in [0, 0.1) is 12.8 Å². The Morgan fingerprint density at radius 1 is 1.18 bits per heavy atom. The van der Waals surface area contributed by atoms with Crippen LogP contribution in [0.25, 0.3) is 0 Å². The van der Waals surface area contributed by atoms with E-state index in [1.165, 1.54) is 7.11 Å². The van der Waals surface area contributed by atoms with Gasteiger partial charge >= 0.3 is 12.1 Å². The van der Waals surface area contributed by atoms with Gasteiger partial charge in [0.25, 0.3) is 5.91 Å². The number of para-hydroxylation sites is 1. The van der Waals surface area contributed by atoms with Crippen molar-refractivity contribution in [2.45, 2.75) is 40.0 Å². The summed E-state index contributed by atoms with van der Waals surface area (Å²) in [5.41, 5.74) is 1.65. The number of carboxylic acid groups (broad SMARTS) is 2. The van der Waals surface area contributed by atoms with Gasteiger partial charge in [0.2, 0.25) is 5.91 Å². The van der Waals surface area contributed by atoms with Crippen molar-refractivity contribution >= 4 is 29.6 Å². The minimum absolute atomic E-state index is 0.0628. The summed E-state index contributed by atoms with van der Waals surface area (Å²) in [4.78, 5) is 46.0. The van der Waals surface area contributed by atoms with Crippen LogP contribution in [0.1, 0.15) is 49.0 Å². The Hall–Kier alpha value is -3.14. The fourth-order valence-electron chi connectivity index (χ4n) is 4.07. The Bertz CT molecular complexity index is 839. The van der Waals surface area contributed by atoms with Gasteiger partial charge < -0.3 is 30.1 Å². The number of aryl methyl sites for hydroxylation is 1. The molecule has 1 aliphatic heterocycles. The van der Waals surface area contributed by atoms with E-state index in [9.17, 15) is 14.4 Å². The molecular formula is C23H36N3O7+. The number of amides is 2. The molecule has 0 saturated carbocycles. The first-order valence-electron chi connectivity index (χ1n) is 11.1. The molecule has 0 aromatic heterocycles. The van der Waals surface area contributed by atoms with Gasteiger partial charge in [-0.05, 0) is 44.7 Å². The minimum Gasteiger partial charge on any atom is -0.465 e. The van der Waals surface area contributed by atoms with Crippen LogP contribution in [0.4, 0.5) is 10.5 Å². The number of likely N-dealkylation sites (N-methyl/N-ethyl adjacent to an activating group) is 1. The number of nitrogens with one attached hydrogen (secondary N) is 2. The van der Waals surface area contributed by atoms with Gasteiger partial charge in [0.15, 0.2) is 6.54 Å². The van der Waals surface area contributed by atoms with Crippen LogP contribution in [0.5, 0.6) is 0 Å². The summed E-state index contributed by atoms with van der Waals surface area (Å²) in [6.45, 7) is 9.23. The number of hydrogen-bond donors (Lipinski definition) is 4. The molecule has 1 aromatic carbocycles. The highest BCUT2D eigenvalue weighted by Gasteiger charge is 2.38. The molecule has 1 fully saturated rings. The number of quaternary nitrogens is 1. The summed E-state index contributed by atoms with van der Waals surface area (Å²) in [6.07, 6.45) is 0.859. The standard InChI is InChI=1S/C22H33N3O4.CH2O3/c1-5-12-23-21(27)17-10-8-13-25(6-2,14-17)15-19(26)24-20-16(3)9-7-11-18(20)22(28)29-4;2-1(3)4/h7,9,11,17H,5-6,8,10,12-15H2,1-4H3,(H-,23,24,26,27,28);(H2,2,3,4)/p+1. The Morgan fingerprint density at radius 3 is 2.42 bits per heavy atom. The molecule has 2 rings (SSSR count). The van der Waals surface area contributed by atoms with E-state index in [1.807, 2.05) is 19.9 Å². The third-order valence-corrected chi connectivity index (χ3v) is 5.81. The third-order valence-electron chi connectivity index (χ3n) is 5.81. The quantitative estimate of drug-likeness (QED) is 0.341. The van der Waals surface area contributed by atoms with Crippen LogP contribution < -0.4 is 10.6 Å². The van der Waals surface area contributed by atoms with Crippen molar-refractivity contribution < 1.29 is 38.6 Å². The van der Waals surface area contributed by atoms with Gasteiger partial charge in [-0.25, -0.2) is 9.59 Å². The Kier molecular flexibility index (Phi) is 11.3. The zero-order valence-corrected chi connectivity index (χ0v) is 19.8. The Labute approximate surface area is 194 Å². The molecule has 1 heterocycles. The number of piperidine rings is 1. The molecule has 33 heavy (non-hydrogen) atoms. The molecule has 184 valence electrons. The van der Waals surface area contributed by atoms with Gasteiger partial charge in [0.05, 0.1) is 43.9 Å². The number of methoxy groups -OCH3 is 1. The minimum atomic E-state index is -1.83. The Balaban J connectivity index is 0.00000125. The van der Waals surface area contributed by atoms with Gasteiger partial charge in [-0.1, -0.05) is 19.1 Å². The predicted octanol–water partition coefficient (Wildman–Crippen LogP) is 2.72. The van der Waals surface area contributed by atoms with Crippen molar-refractivity contribution in [3.8, 4) is 0 Å². The summed E-state index contributed by atoms with van der Waals surface area (Å²) in [5.74, 6) is -0.600. The molecule has 0 spiro atoms. The molecule has 1 aromatic rings. The molecule has 1 saturated heterocycles. The summed E-state index contributed by atoms with van der Waals surface area (Å²) < 4.78 is 5.42. The van der Waals surface area contributed by atoms with Crippen LogP contribution in [-0.4, -0.2) is 78.5 Å². The molecule has 10 heteroatoms. The lowest BCUT2D eigenvalue weighted by Crippen LogP contribution is -2.59. The van der Waals surface area contributed by atoms with E-state index >= 15 is 0 Å². The molecule has 4 N–H and O–H groups in total. The van der Waals surface area contributed by atoms with Crippen molar-refractivity contribution in [2.24, 2.45) is 5.92 Å². The summed E-state index contributed by atoms with van der Waals surface area (Å²) in [6, 6.07) is 5.26. The number of rotatable bonds is 8. The molecule has 1 aliphatic rings. The fraction of sp³-hybridized carbons (Fsp3) is 0.565. The first-order valence-corrected chi connectivity index (χ1v) is 11.1. The molecule has 10 nitrogen and oxygen atoms in total. The van der Waals surface area contributed by atoms with Crippen molar-refractivity contribution in [3.63, 3.8) is 0 Å². The zero-order chi connectivity index (χ0) is 25.0. The summed E-state index contributed by atoms with van der Waals surface area (Å²) in [7, 11) is 1.32. The average molecular weight is 467 g/mol. The second kappa shape index (κ2) is 13.4. The molecule has 2 amide bonds. The van der Waals surface area contributed by atoms with E-state index in [1.54, 1.807) is 12.1 Å². The van der Waals surface area contributed by atoms with E-state index in [-0.39, 0.29) is 24.3 Å². The zero-order valence-electron chi connectivity index (χ0n) is 19.8. The lowest BCUT2D eigenvalue weighted by Gasteiger charge is -2.42. The van der Waals surface area contributed by atoms with Crippen molar-refractivity contribution in [3.05, 3.63) is 29.3 Å². The van der Waals surface area contributed by atoms with Gasteiger partial charge in [0.1, 0.15) is 0 Å². The van der Waals surface area contributed by atoms with Crippen LogP contribution >= 0.6 is 0 Å². The van der Waals surface area contributed by atoms with Gasteiger partial charge in [-0.15, -0.1) is 0 Å². The number of hydrogen-bond acceptors (Lipinski definition) is 5. The molecule has 0 radical (unpaired) electrons. The maximum atomic E-state index is 12.9. The Morgan fingerprint density at radius 2 is 1.85 bits per heavy atom. The van der Waals surface area contributed by atoms with Crippen molar-refractivity contribution in [1.82, 2.24) is 5.32 Å². The lowest BCUT2D eigenvalue weighted by molar-refractivity contribution is -0.925. The van der Waals surface area contributed by atoms with E-state index < -0.39 is 12.1 Å². The molecule has 2 atom stereocenters. The predicted molar refractivity (Wildman–Crippen MR) is 123 cm³/mol. The van der Waals surface area contributed by atoms with Gasteiger partial charge in [0, 0.05) is 6.54 Å². The number of ether oxygens (including phenoxy) is 1. The van der Waals surface area contributed by atoms with Crippen LogP contribution in [0.3, 0.4) is 0 Å². The number of esters is 1. The van der Waals surface area contributed by atoms with E-state index in [2.05, 4.69) is 17.6 Å². The molecule has 0 bridgehead atoms. The molecule has 0 aliphatic carbocycles. The lowest BCUT2D eigenvalue weighted by atomic mass is 9.94. The highest BCUT2D eigenvalue weighted by atomic mass is 16.6. The first-order chi connectivity index (χ1) is 15.6. The molecule has 2 unspecified atom stereocenters. The third kappa shape index (κ3) is 8.72. The second-order valence-corrected chi connectivity index (χ2v) is 8.17. The maximum Gasteiger partial charge on any atom is 0.503 e. The second-order valence-electron chi connectivity index (χ2n) is 8.17. The van der Waals surface area contributed by atoms with E-state index in [0.29, 0.717) is 28.8 Å². The van der Waals surface area contributed by atoms with Crippen molar-refractivity contribution in [2.75, 3.05) is 45.2 Å². The summed E-state index contributed by atoms with van der Waals surface area (Å²) in [5, 5.41) is 19.9. The largest absolute Gasteiger partial charge is 0.503 e. The van der Waals surface area contributed by atoms with E-state index in [4.69, 9.17) is 19.7 Å². The number of likely N-dealkylation sites (tertiary alicyclic amines) is 1. The highest BCUT2D eigenvalue weighted by Crippen LogP contribution is 2.25. The van der Waals surface area contributed by atoms with Crippen LogP contribution in [0.2, 0.25) is 0 Å². The smallest absolute Gasteiger partial charge is 0.465 e.